The van der Waals surface area contributed by atoms with Crippen LogP contribution in [-0.2, 0) is 9.53 Å². The molecule has 0 aromatic heterocycles. The van der Waals surface area contributed by atoms with E-state index in [0.29, 0.717) is 6.61 Å². The van der Waals surface area contributed by atoms with Crippen molar-refractivity contribution in [2.75, 3.05) is 33.3 Å². The zero-order valence-corrected chi connectivity index (χ0v) is 17.4. The first-order chi connectivity index (χ1) is 12.1. The number of likely N-dealkylation sites (N-methyl/N-ethyl adjacent to an activating group) is 1. The van der Waals surface area contributed by atoms with E-state index in [9.17, 15) is 4.79 Å². The zero-order valence-electron chi connectivity index (χ0n) is 17.4. The summed E-state index contributed by atoms with van der Waals surface area (Å²) in [7, 11) is 2.26. The number of carbonyl (C=O) groups is 1. The quantitative estimate of drug-likeness (QED) is 0.133. The van der Waals surface area contributed by atoms with Crippen molar-refractivity contribution in [1.82, 2.24) is 0 Å². The normalized spacial score (nSPS) is 13.4. The molecule has 0 aliphatic rings. The number of carbonyl (C=O) groups excluding carboxylic acids is 1. The van der Waals surface area contributed by atoms with Gasteiger partial charge in [-0.15, -0.1) is 0 Å². The molecule has 0 N–H and O–H groups in total. The summed E-state index contributed by atoms with van der Waals surface area (Å²) in [5, 5.41) is 0. The Hall–Kier alpha value is -0.830. The summed E-state index contributed by atoms with van der Waals surface area (Å²) in [6.45, 7) is 11.6. The van der Waals surface area contributed by atoms with Crippen LogP contribution in [0.25, 0.3) is 0 Å². The van der Waals surface area contributed by atoms with Gasteiger partial charge in [0, 0.05) is 6.08 Å². The van der Waals surface area contributed by atoms with Crippen LogP contribution in [0.3, 0.4) is 0 Å². The Morgan fingerprint density at radius 1 is 0.840 bits per heavy atom. The van der Waals surface area contributed by atoms with Crippen LogP contribution in [0, 0.1) is 0 Å². The van der Waals surface area contributed by atoms with E-state index in [0.717, 1.165) is 17.6 Å². The molecule has 3 nitrogen and oxygen atoms in total. The second-order valence-electron chi connectivity index (χ2n) is 7.64. The maximum Gasteiger partial charge on any atom is 0.330 e. The van der Waals surface area contributed by atoms with Crippen molar-refractivity contribution >= 4 is 5.97 Å². The van der Waals surface area contributed by atoms with Crippen LogP contribution in [0.5, 0.6) is 0 Å². The van der Waals surface area contributed by atoms with Crippen LogP contribution in [-0.4, -0.2) is 43.7 Å². The molecule has 0 rings (SSSR count). The monoisotopic (exact) mass is 354 g/mol. The third kappa shape index (κ3) is 15.2. The fraction of sp³-hybridized carbons (Fsp3) is 0.864. The van der Waals surface area contributed by atoms with Crippen molar-refractivity contribution in [2.24, 2.45) is 0 Å². The summed E-state index contributed by atoms with van der Waals surface area (Å²) in [6, 6.07) is 0. The van der Waals surface area contributed by atoms with E-state index in [4.69, 9.17) is 4.74 Å². The van der Waals surface area contributed by atoms with E-state index >= 15 is 0 Å². The molecule has 0 saturated carbocycles. The lowest BCUT2D eigenvalue weighted by Gasteiger charge is -2.33. The maximum atomic E-state index is 11.1. The Labute approximate surface area is 157 Å². The molecular weight excluding hydrogens is 310 g/mol. The van der Waals surface area contributed by atoms with Gasteiger partial charge in [0.25, 0.3) is 0 Å². The van der Waals surface area contributed by atoms with E-state index in [1.165, 1.54) is 89.7 Å². The van der Waals surface area contributed by atoms with Crippen LogP contribution < -0.4 is 0 Å². The van der Waals surface area contributed by atoms with Crippen molar-refractivity contribution in [3.8, 4) is 0 Å². The molecule has 0 aromatic rings. The van der Waals surface area contributed by atoms with Gasteiger partial charge in [0.1, 0.15) is 13.2 Å². The lowest BCUT2D eigenvalue weighted by Crippen LogP contribution is -2.47. The minimum Gasteiger partial charge on any atom is -0.457 e. The molecule has 0 heterocycles. The van der Waals surface area contributed by atoms with Crippen LogP contribution in [0.15, 0.2) is 12.7 Å². The zero-order chi connectivity index (χ0) is 18.8. The lowest BCUT2D eigenvalue weighted by atomic mass is 10.1. The maximum absolute atomic E-state index is 11.1. The van der Waals surface area contributed by atoms with Gasteiger partial charge in [-0.05, 0) is 19.8 Å². The number of esters is 1. The first-order valence-corrected chi connectivity index (χ1v) is 10.7. The average Bonchev–Trinajstić information content (AvgIpc) is 2.62. The van der Waals surface area contributed by atoms with Crippen molar-refractivity contribution in [3.05, 3.63) is 12.7 Å². The van der Waals surface area contributed by atoms with Crippen LogP contribution >= 0.6 is 0 Å². The van der Waals surface area contributed by atoms with Gasteiger partial charge in [-0.25, -0.2) is 4.79 Å². The van der Waals surface area contributed by atoms with Gasteiger partial charge in [-0.2, -0.15) is 0 Å². The number of quaternary nitrogens is 1. The Morgan fingerprint density at radius 2 is 1.32 bits per heavy atom. The molecule has 0 radical (unpaired) electrons. The number of nitrogens with zero attached hydrogens (tertiary/aromatic N) is 1. The highest BCUT2D eigenvalue weighted by atomic mass is 16.5. The number of unbranched alkanes of at least 4 members (excludes halogenated alkanes) is 11. The second-order valence-corrected chi connectivity index (χ2v) is 7.64. The number of rotatable bonds is 18. The number of hydrogen-bond acceptors (Lipinski definition) is 2. The molecule has 3 heteroatoms. The van der Waals surface area contributed by atoms with E-state index in [1.807, 2.05) is 0 Å². The van der Waals surface area contributed by atoms with Crippen LogP contribution in [0.1, 0.15) is 90.9 Å². The lowest BCUT2D eigenvalue weighted by molar-refractivity contribution is -0.908. The van der Waals surface area contributed by atoms with Gasteiger partial charge in [-0.1, -0.05) is 77.7 Å². The van der Waals surface area contributed by atoms with Gasteiger partial charge in [0.15, 0.2) is 0 Å². The third-order valence-electron chi connectivity index (χ3n) is 5.36. The molecule has 0 saturated heterocycles. The van der Waals surface area contributed by atoms with Crippen molar-refractivity contribution in [2.45, 2.75) is 90.9 Å². The number of hydrogen-bond donors (Lipinski definition) is 0. The molecule has 1 atom stereocenters. The molecule has 1 unspecified atom stereocenters. The van der Waals surface area contributed by atoms with Crippen LogP contribution in [0.2, 0.25) is 0 Å². The Bertz CT molecular complexity index is 330. The van der Waals surface area contributed by atoms with Gasteiger partial charge in [0.05, 0.1) is 20.1 Å². The first kappa shape index (κ1) is 24.2. The highest BCUT2D eigenvalue weighted by molar-refractivity contribution is 5.81. The molecule has 148 valence electrons. The van der Waals surface area contributed by atoms with Gasteiger partial charge in [0.2, 0.25) is 0 Å². The first-order valence-electron chi connectivity index (χ1n) is 10.7. The summed E-state index contributed by atoms with van der Waals surface area (Å²) in [5.74, 6) is -0.312. The summed E-state index contributed by atoms with van der Waals surface area (Å²) in [4.78, 5) is 11.1. The standard InChI is InChI=1S/C22H44NO2/c1-5-8-9-10-11-12-13-14-15-16-17-18-19-23(4,7-3)20-21-25-22(24)6-2/h6H,2,5,7-21H2,1,3-4H3/q+1. The summed E-state index contributed by atoms with van der Waals surface area (Å²) < 4.78 is 6.12. The molecular formula is C22H44NO2+. The fourth-order valence-electron chi connectivity index (χ4n) is 3.19. The molecule has 0 aromatic carbocycles. The SMILES string of the molecule is C=CC(=O)OCC[N+](C)(CC)CCCCCCCCCCCCCC. The molecule has 0 bridgehead atoms. The Balaban J connectivity index is 3.51. The molecule has 0 aliphatic carbocycles. The third-order valence-corrected chi connectivity index (χ3v) is 5.36. The molecule has 25 heavy (non-hydrogen) atoms. The predicted octanol–water partition coefficient (Wildman–Crippen LogP) is 5.88. The van der Waals surface area contributed by atoms with Crippen molar-refractivity contribution < 1.29 is 14.0 Å². The number of ether oxygens (including phenoxy) is 1. The molecule has 0 fully saturated rings. The van der Waals surface area contributed by atoms with Gasteiger partial charge < -0.3 is 9.22 Å². The highest BCUT2D eigenvalue weighted by Crippen LogP contribution is 2.13. The summed E-state index contributed by atoms with van der Waals surface area (Å²) in [6.07, 6.45) is 17.9. The minimum atomic E-state index is -0.312. The molecule has 0 aliphatic heterocycles. The predicted molar refractivity (Wildman–Crippen MR) is 109 cm³/mol. The molecule has 0 amide bonds. The Kier molecular flexibility index (Phi) is 16.1. The second kappa shape index (κ2) is 16.6. The minimum absolute atomic E-state index is 0.312. The summed E-state index contributed by atoms with van der Waals surface area (Å²) in [5.41, 5.74) is 0. The highest BCUT2D eigenvalue weighted by Gasteiger charge is 2.18. The van der Waals surface area contributed by atoms with Crippen molar-refractivity contribution in [3.63, 3.8) is 0 Å². The smallest absolute Gasteiger partial charge is 0.330 e. The van der Waals surface area contributed by atoms with Crippen molar-refractivity contribution in [1.29, 1.82) is 0 Å². The fourth-order valence-corrected chi connectivity index (χ4v) is 3.19. The average molecular weight is 355 g/mol. The van der Waals surface area contributed by atoms with Crippen LogP contribution in [0.4, 0.5) is 0 Å². The largest absolute Gasteiger partial charge is 0.457 e. The summed E-state index contributed by atoms with van der Waals surface area (Å²) >= 11 is 0. The van der Waals surface area contributed by atoms with E-state index in [1.54, 1.807) is 0 Å². The van der Waals surface area contributed by atoms with E-state index in [-0.39, 0.29) is 5.97 Å². The molecule has 0 spiro atoms. The van der Waals surface area contributed by atoms with Gasteiger partial charge in [-0.3, -0.25) is 0 Å². The van der Waals surface area contributed by atoms with E-state index in [2.05, 4.69) is 27.5 Å². The van der Waals surface area contributed by atoms with E-state index < -0.39 is 0 Å². The Morgan fingerprint density at radius 3 is 1.76 bits per heavy atom. The van der Waals surface area contributed by atoms with Gasteiger partial charge >= 0.3 is 5.97 Å². The topological polar surface area (TPSA) is 26.3 Å².